The maximum atomic E-state index is 12.4. The minimum absolute atomic E-state index is 0.00895. The van der Waals surface area contributed by atoms with Gasteiger partial charge in [0.2, 0.25) is 0 Å². The molecule has 20 aliphatic carbocycles. The van der Waals surface area contributed by atoms with E-state index < -0.39 is 11.2 Å². The van der Waals surface area contributed by atoms with Crippen molar-refractivity contribution in [1.29, 1.82) is 0 Å². The van der Waals surface area contributed by atoms with Crippen LogP contribution in [0.5, 0.6) is 0 Å². The molecule has 4 N–H and O–H groups in total. The number of Topliss-reactive ketones (excluding diaryl/α,β-unsaturated/α-hetero) is 2. The Kier molecular flexibility index (Phi) is 24.1. The molecule has 0 aromatic heterocycles. The van der Waals surface area contributed by atoms with Crippen LogP contribution in [0.25, 0.3) is 0 Å². The van der Waals surface area contributed by atoms with E-state index in [1.807, 2.05) is 6.92 Å². The van der Waals surface area contributed by atoms with E-state index in [2.05, 4.69) is 113 Å². The fourth-order valence-corrected chi connectivity index (χ4v) is 36.6. The van der Waals surface area contributed by atoms with Crippen LogP contribution in [0, 0.1) is 222 Å². The Morgan fingerprint density at radius 1 is 0.309 bits per heavy atom. The number of fused-ring (bicyclic) bond motifs is 25. The Hall–Kier alpha value is -2.58. The van der Waals surface area contributed by atoms with Gasteiger partial charge in [-0.25, -0.2) is 0 Å². The molecule has 0 aromatic rings. The zero-order valence-electron chi connectivity index (χ0n) is 72.3. The maximum Gasteiger partial charge on any atom is 0.139 e. The average Bonchev–Trinajstić information content (AvgIpc) is 1.48. The highest BCUT2D eigenvalue weighted by atomic mass is 16.3. The van der Waals surface area contributed by atoms with Gasteiger partial charge in [0.1, 0.15) is 22.8 Å². The summed E-state index contributed by atoms with van der Waals surface area (Å²) in [5, 5.41) is 43.2. The van der Waals surface area contributed by atoms with Gasteiger partial charge >= 0.3 is 0 Å². The number of rotatable bonds is 0. The second-order valence-corrected chi connectivity index (χ2v) is 45.9. The van der Waals surface area contributed by atoms with E-state index in [1.54, 1.807) is 0 Å². The monoisotopic (exact) mass is 1510 g/mol. The Bertz CT molecular complexity index is 3410. The fourth-order valence-electron chi connectivity index (χ4n) is 36.6. The molecule has 0 bridgehead atoms. The SMILES string of the molecule is C#C.C#C.C#C[C@]1(O)CCC2C3CCC4CCCC[C@]4(C)C3CC[C@@]21C.CC#C[C@]1(O)CCC2C3CCC4CCCC[C@]4(C)C3CC[C@@]21C.C[C@]12CCC(=O)CC1CCC1C2CC[C@@]2(C)C1CC[C@@H]2O.C[C@]12CCCCC1CCC1C2CC[C@@]2(C)C1CC[C@@H]2O.C[C@]12CCCCC1CCC1C2CC[C@]2(C)C(=O)CCC12. The van der Waals surface area contributed by atoms with E-state index in [4.69, 9.17) is 6.42 Å². The molecule has 6 nitrogen and oxygen atoms in total. The van der Waals surface area contributed by atoms with E-state index in [1.165, 1.54) is 250 Å². The third kappa shape index (κ3) is 13.3. The van der Waals surface area contributed by atoms with E-state index in [0.29, 0.717) is 56.4 Å². The summed E-state index contributed by atoms with van der Waals surface area (Å²) in [4.78, 5) is 24.2. The van der Waals surface area contributed by atoms with Crippen LogP contribution < -0.4 is 0 Å². The number of aliphatic hydroxyl groups excluding tert-OH is 2. The summed E-state index contributed by atoms with van der Waals surface area (Å²) >= 11 is 0. The summed E-state index contributed by atoms with van der Waals surface area (Å²) in [6.45, 7) is 26.6. The van der Waals surface area contributed by atoms with Crippen LogP contribution in [0.15, 0.2) is 0 Å². The van der Waals surface area contributed by atoms with Gasteiger partial charge in [-0.1, -0.05) is 132 Å². The molecular weight excluding hydrogens is 1350 g/mol. The van der Waals surface area contributed by atoms with Crippen LogP contribution in [0.1, 0.15) is 391 Å². The standard InChI is InChI=1S/C22H34O.C21H32O.C19H30O2.C19H32O.C19H30O.2C2H2/c1-4-12-22(23)15-11-19-17-9-8-16-7-5-6-13-20(16,2)18(17)10-14-21(19,22)3;1-4-21(22)14-11-18-16-9-8-15-7-5-6-12-19(15,2)17(16)10-13-20(18,21)3;1-18-9-7-13(20)11-12(18)3-4-14-15-5-6-17(21)19(15,2)10-8-16(14)18;2*1-18-11-4-3-5-13(18)6-7-14-15-8-9-17(20)19(15,2)12-10-16(14)18;2*1-2/h16-19,23H,5-11,13-15H2,1-3H3;1,15-18,22H,5-14H2,2-3H3;12,14-17,21H,3-11H2,1-2H3;13-17,20H,3-12H2,1-2H3;13-16H,3-12H2,1-2H3;2*1-2H/t16?,17?,18?,19?,20-,21-,22-;15?,16?,17?,18?,19-,20-,21-;12?,14?,15?,16?,17-,18-,19-;13?,14?,15?,16?,17-,18-,19-;13?,14?,15?,16?,18-,19-;;/m00000../s1. The van der Waals surface area contributed by atoms with Gasteiger partial charge in [-0.05, 0) is 407 Å². The lowest BCUT2D eigenvalue weighted by Crippen LogP contribution is -2.55. The first kappa shape index (κ1) is 83.9. The number of carbonyl (C=O) groups excluding carboxylic acids is 2. The van der Waals surface area contributed by atoms with Gasteiger partial charge in [0.15, 0.2) is 0 Å². The van der Waals surface area contributed by atoms with Crippen molar-refractivity contribution in [3.63, 3.8) is 0 Å². The normalized spacial score (nSPS) is 54.5. The number of aliphatic hydroxyl groups is 4. The molecule has 0 aromatic carbocycles. The van der Waals surface area contributed by atoms with Crippen LogP contribution in [-0.2, 0) is 9.59 Å². The van der Waals surface area contributed by atoms with Crippen molar-refractivity contribution in [1.82, 2.24) is 0 Å². The van der Waals surface area contributed by atoms with Crippen molar-refractivity contribution in [2.24, 2.45) is 173 Å². The summed E-state index contributed by atoms with van der Waals surface area (Å²) in [5.41, 5.74) is 1.83. The van der Waals surface area contributed by atoms with Crippen LogP contribution in [-0.4, -0.2) is 55.4 Å². The van der Waals surface area contributed by atoms with E-state index >= 15 is 0 Å². The quantitative estimate of drug-likeness (QED) is 0.180. The predicted molar refractivity (Wildman–Crippen MR) is 451 cm³/mol. The molecule has 0 radical (unpaired) electrons. The van der Waals surface area contributed by atoms with Gasteiger partial charge in [-0.2, -0.15) is 0 Å². The molecule has 20 aliphatic rings. The number of hydrogen-bond acceptors (Lipinski definition) is 6. The van der Waals surface area contributed by atoms with Gasteiger partial charge in [-0.3, -0.25) is 9.59 Å². The summed E-state index contributed by atoms with van der Waals surface area (Å²) in [6, 6.07) is 0. The van der Waals surface area contributed by atoms with E-state index in [-0.39, 0.29) is 39.3 Å². The second-order valence-electron chi connectivity index (χ2n) is 45.9. The van der Waals surface area contributed by atoms with Crippen LogP contribution in [0.2, 0.25) is 0 Å². The third-order valence-corrected chi connectivity index (χ3v) is 43.3. The summed E-state index contributed by atoms with van der Waals surface area (Å²) in [6.07, 6.45) is 85.6. The van der Waals surface area contributed by atoms with Crippen LogP contribution >= 0.6 is 0 Å². The van der Waals surface area contributed by atoms with Crippen molar-refractivity contribution in [2.75, 3.05) is 0 Å². The maximum absolute atomic E-state index is 12.4. The Morgan fingerprint density at radius 2 is 0.636 bits per heavy atom. The molecule has 110 heavy (non-hydrogen) atoms. The predicted octanol–water partition coefficient (Wildman–Crippen LogP) is 24.2. The Labute approximate surface area is 674 Å². The average molecular weight is 1510 g/mol. The topological polar surface area (TPSA) is 115 Å². The molecule has 34 atom stereocenters. The summed E-state index contributed by atoms with van der Waals surface area (Å²) in [5.74, 6) is 27.3. The number of terminal acetylenes is 3. The van der Waals surface area contributed by atoms with Crippen molar-refractivity contribution < 1.29 is 30.0 Å². The highest BCUT2D eigenvalue weighted by Crippen LogP contribution is 2.74. The van der Waals surface area contributed by atoms with E-state index in [9.17, 15) is 30.0 Å². The summed E-state index contributed by atoms with van der Waals surface area (Å²) in [7, 11) is 0. The van der Waals surface area contributed by atoms with Crippen molar-refractivity contribution in [3.05, 3.63) is 0 Å². The largest absolute Gasteiger partial charge is 0.393 e. The van der Waals surface area contributed by atoms with Gasteiger partial charge in [0, 0.05) is 35.5 Å². The molecule has 0 amide bonds. The second kappa shape index (κ2) is 31.6. The zero-order chi connectivity index (χ0) is 78.6. The number of ketones is 2. The lowest BCUT2D eigenvalue weighted by Gasteiger charge is -2.60. The molecule has 0 heterocycles. The van der Waals surface area contributed by atoms with Crippen molar-refractivity contribution in [3.8, 4) is 49.9 Å². The van der Waals surface area contributed by atoms with Gasteiger partial charge in [0.25, 0.3) is 0 Å². The highest BCUT2D eigenvalue weighted by Gasteiger charge is 2.68. The molecule has 0 spiro atoms. The van der Waals surface area contributed by atoms with Crippen molar-refractivity contribution >= 4 is 11.6 Å². The van der Waals surface area contributed by atoms with Gasteiger partial charge in [0.05, 0.1) is 12.2 Å². The lowest BCUT2D eigenvalue weighted by atomic mass is 9.44. The molecule has 614 valence electrons. The van der Waals surface area contributed by atoms with Gasteiger partial charge < -0.3 is 20.4 Å². The number of hydrogen-bond donors (Lipinski definition) is 4. The molecule has 20 saturated carbocycles. The molecule has 20 rings (SSSR count). The molecule has 0 aliphatic heterocycles. The third-order valence-electron chi connectivity index (χ3n) is 43.3. The first-order valence-electron chi connectivity index (χ1n) is 47.9. The minimum Gasteiger partial charge on any atom is -0.393 e. The van der Waals surface area contributed by atoms with Crippen molar-refractivity contribution in [2.45, 2.75) is 414 Å². The molecule has 6 heteroatoms. The molecule has 20 unspecified atom stereocenters. The molecule has 0 saturated heterocycles. The van der Waals surface area contributed by atoms with E-state index in [0.717, 1.165) is 165 Å². The smallest absolute Gasteiger partial charge is 0.139 e. The fraction of sp³-hybridized carbons (Fsp3) is 0.904. The lowest BCUT2D eigenvalue weighted by molar-refractivity contribution is -0.142. The molecule has 20 fully saturated rings. The summed E-state index contributed by atoms with van der Waals surface area (Å²) < 4.78 is 0. The first-order chi connectivity index (χ1) is 52.5. The zero-order valence-corrected chi connectivity index (χ0v) is 72.3. The minimum atomic E-state index is -0.840. The first-order valence-corrected chi connectivity index (χ1v) is 47.9. The Morgan fingerprint density at radius 3 is 1.04 bits per heavy atom. The number of carbonyl (C=O) groups is 2. The van der Waals surface area contributed by atoms with Crippen LogP contribution in [0.4, 0.5) is 0 Å². The van der Waals surface area contributed by atoms with Gasteiger partial charge in [-0.15, -0.1) is 38.0 Å². The van der Waals surface area contributed by atoms with Crippen LogP contribution in [0.3, 0.4) is 0 Å². The Balaban J connectivity index is 0.000000113. The highest BCUT2D eigenvalue weighted by molar-refractivity contribution is 5.87. The molecular formula is C104H162O6.